The van der Waals surface area contributed by atoms with Gasteiger partial charge in [0.25, 0.3) is 0 Å². The van der Waals surface area contributed by atoms with Gasteiger partial charge in [-0.05, 0) is 0 Å². The van der Waals surface area contributed by atoms with Crippen LogP contribution in [0.5, 0.6) is 0 Å². The summed E-state index contributed by atoms with van der Waals surface area (Å²) >= 11 is 0. The summed E-state index contributed by atoms with van der Waals surface area (Å²) in [5.41, 5.74) is 0. The van der Waals surface area contributed by atoms with Gasteiger partial charge in [-0.2, -0.15) is 12.8 Å². The maximum Gasteiger partial charge on any atom is 0.0712 e. The minimum absolute atomic E-state index is 0. The summed E-state index contributed by atoms with van der Waals surface area (Å²) in [5, 5.41) is 0. The van der Waals surface area contributed by atoms with Gasteiger partial charge in [-0.15, -0.1) is 0 Å². The van der Waals surface area contributed by atoms with Crippen molar-refractivity contribution in [2.75, 3.05) is 13.7 Å². The molecule has 0 aliphatic carbocycles. The maximum atomic E-state index is 4.42. The molecule has 0 rings (SSSR count). The van der Waals surface area contributed by atoms with Gasteiger partial charge in [0.15, 0.2) is 0 Å². The summed E-state index contributed by atoms with van der Waals surface area (Å²) in [5.74, 6) is 0. The van der Waals surface area contributed by atoms with Crippen LogP contribution in [0, 0.1) is 13.8 Å². The molecule has 0 saturated carbocycles. The Hall–Kier alpha value is 1.02. The monoisotopic (exact) mass is 235 g/mol. The van der Waals surface area contributed by atoms with Crippen LogP contribution in [-0.4, -0.2) is 13.7 Å². The number of rotatable bonds is 4. The summed E-state index contributed by atoms with van der Waals surface area (Å²) in [6.45, 7) is 9.82. The van der Waals surface area contributed by atoms with Crippen molar-refractivity contribution in [2.45, 2.75) is 26.2 Å². The Morgan fingerprint density at radius 2 is 1.64 bits per heavy atom. The van der Waals surface area contributed by atoms with Crippen LogP contribution in [0.3, 0.4) is 0 Å². The molecule has 0 atom stereocenters. The first-order valence-electron chi connectivity index (χ1n) is 3.57. The third-order valence-electron chi connectivity index (χ3n) is 0.699. The fraction of sp³-hybridized carbons (Fsp3) is 0.750. The van der Waals surface area contributed by atoms with Crippen molar-refractivity contribution in [1.29, 1.82) is 0 Å². The average Bonchev–Trinajstić information content (AvgIpc) is 2.01. The second-order valence-corrected chi connectivity index (χ2v) is 1.70. The van der Waals surface area contributed by atoms with E-state index in [-0.39, 0.29) is 32.7 Å². The standard InChI is InChI=1S/C4H9O2.C4H9.Y/c1-3-4-6-5-2;1-3-4-2;/h1,3-4H2,2H3;1,3-4H2,2H3;/q2*-1;. The SMILES string of the molecule is [CH2-]CCC.[CH2-]CCOOC.[Y]. The van der Waals surface area contributed by atoms with E-state index < -0.39 is 0 Å². The summed E-state index contributed by atoms with van der Waals surface area (Å²) < 4.78 is 0. The second-order valence-electron chi connectivity index (χ2n) is 1.70. The molecule has 0 unspecified atom stereocenters. The zero-order valence-corrected chi connectivity index (χ0v) is 10.5. The molecule has 0 aromatic rings. The van der Waals surface area contributed by atoms with E-state index in [4.69, 9.17) is 0 Å². The van der Waals surface area contributed by atoms with Gasteiger partial charge in [-0.1, -0.05) is 13.3 Å². The Kier molecular flexibility index (Phi) is 36.6. The number of hydrogen-bond donors (Lipinski definition) is 0. The summed E-state index contributed by atoms with van der Waals surface area (Å²) in [4.78, 5) is 8.66. The van der Waals surface area contributed by atoms with Crippen molar-refractivity contribution in [1.82, 2.24) is 0 Å². The summed E-state index contributed by atoms with van der Waals surface area (Å²) in [6.07, 6.45) is 3.04. The van der Waals surface area contributed by atoms with Gasteiger partial charge in [-0.25, -0.2) is 9.78 Å². The van der Waals surface area contributed by atoms with E-state index in [2.05, 4.69) is 30.5 Å². The van der Waals surface area contributed by atoms with Gasteiger partial charge in [0, 0.05) is 32.7 Å². The van der Waals surface area contributed by atoms with Crippen molar-refractivity contribution in [2.24, 2.45) is 0 Å². The van der Waals surface area contributed by atoms with E-state index in [9.17, 15) is 0 Å². The van der Waals surface area contributed by atoms with Crippen LogP contribution in [0.1, 0.15) is 26.2 Å². The molecule has 11 heavy (non-hydrogen) atoms. The third-order valence-corrected chi connectivity index (χ3v) is 0.699. The third kappa shape index (κ3) is 35.6. The Balaban J connectivity index is -0.000000114. The number of unbranched alkanes of at least 4 members (excludes halogenated alkanes) is 1. The quantitative estimate of drug-likeness (QED) is 0.322. The van der Waals surface area contributed by atoms with Crippen molar-refractivity contribution in [3.8, 4) is 0 Å². The summed E-state index contributed by atoms with van der Waals surface area (Å²) in [7, 11) is 1.48. The predicted octanol–water partition coefficient (Wildman–Crippen LogP) is 2.41. The smallest absolute Gasteiger partial charge is 0.0712 e. The molecule has 0 heterocycles. The first kappa shape index (κ1) is 17.9. The van der Waals surface area contributed by atoms with Gasteiger partial charge >= 0.3 is 0 Å². The Labute approximate surface area is 95.8 Å². The molecule has 0 amide bonds. The average molecular weight is 235 g/mol. The Bertz CT molecular complexity index is 37.1. The minimum atomic E-state index is 0. The zero-order chi connectivity index (χ0) is 8.24. The minimum Gasteiger partial charge on any atom is -0.343 e. The first-order valence-corrected chi connectivity index (χ1v) is 3.57. The molecule has 0 saturated heterocycles. The molecule has 0 spiro atoms. The van der Waals surface area contributed by atoms with Crippen LogP contribution in [-0.2, 0) is 42.5 Å². The maximum absolute atomic E-state index is 4.42. The van der Waals surface area contributed by atoms with Crippen LogP contribution in [0.2, 0.25) is 0 Å². The van der Waals surface area contributed by atoms with Gasteiger partial charge < -0.3 is 13.8 Å². The first-order chi connectivity index (χ1) is 4.83. The van der Waals surface area contributed by atoms with Crippen molar-refractivity contribution < 1.29 is 42.5 Å². The number of hydrogen-bond acceptors (Lipinski definition) is 2. The van der Waals surface area contributed by atoms with E-state index in [1.54, 1.807) is 0 Å². The van der Waals surface area contributed by atoms with E-state index in [1.165, 1.54) is 13.5 Å². The fourth-order valence-corrected chi connectivity index (χ4v) is 0.142. The topological polar surface area (TPSA) is 18.5 Å². The molecule has 0 aromatic carbocycles. The molecule has 0 N–H and O–H groups in total. The van der Waals surface area contributed by atoms with E-state index in [0.717, 1.165) is 12.8 Å². The predicted molar refractivity (Wildman–Crippen MR) is 43.2 cm³/mol. The Morgan fingerprint density at radius 1 is 1.18 bits per heavy atom. The van der Waals surface area contributed by atoms with Crippen molar-refractivity contribution in [3.05, 3.63) is 13.8 Å². The molecule has 67 valence electrons. The molecule has 0 fully saturated rings. The van der Waals surface area contributed by atoms with Gasteiger partial charge in [0.05, 0.1) is 13.7 Å². The molecule has 0 bridgehead atoms. The van der Waals surface area contributed by atoms with Crippen molar-refractivity contribution in [3.63, 3.8) is 0 Å². The van der Waals surface area contributed by atoms with Crippen LogP contribution < -0.4 is 0 Å². The van der Waals surface area contributed by atoms with Gasteiger partial charge in [0.1, 0.15) is 0 Å². The Morgan fingerprint density at radius 3 is 1.73 bits per heavy atom. The molecule has 0 aliphatic heterocycles. The van der Waals surface area contributed by atoms with Crippen LogP contribution in [0.25, 0.3) is 0 Å². The zero-order valence-electron chi connectivity index (χ0n) is 7.64. The molecule has 3 heteroatoms. The van der Waals surface area contributed by atoms with Crippen LogP contribution in [0.15, 0.2) is 0 Å². The molecule has 0 aromatic heterocycles. The second kappa shape index (κ2) is 22.5. The summed E-state index contributed by atoms with van der Waals surface area (Å²) in [6, 6.07) is 0. The molecule has 0 aliphatic rings. The van der Waals surface area contributed by atoms with Crippen LogP contribution >= 0.6 is 0 Å². The van der Waals surface area contributed by atoms with Gasteiger partial charge in [0.2, 0.25) is 0 Å². The van der Waals surface area contributed by atoms with Gasteiger partial charge in [-0.3, -0.25) is 0 Å². The molecular weight excluding hydrogens is 217 g/mol. The van der Waals surface area contributed by atoms with E-state index in [0.29, 0.717) is 6.61 Å². The van der Waals surface area contributed by atoms with E-state index in [1.807, 2.05) is 0 Å². The van der Waals surface area contributed by atoms with Crippen molar-refractivity contribution >= 4 is 0 Å². The fourth-order valence-electron chi connectivity index (χ4n) is 0.142. The van der Waals surface area contributed by atoms with Crippen LogP contribution in [0.4, 0.5) is 0 Å². The normalized spacial score (nSPS) is 7.64. The molecule has 2 nitrogen and oxygen atoms in total. The van der Waals surface area contributed by atoms with E-state index >= 15 is 0 Å². The molecular formula is C8H18O2Y-2. The molecule has 1 radical (unpaired) electrons. The largest absolute Gasteiger partial charge is 0.343 e.